The molecule has 2 aromatic rings. The Bertz CT molecular complexity index is 745. The van der Waals surface area contributed by atoms with Gasteiger partial charge < -0.3 is 9.80 Å². The molecule has 2 heterocycles. The molecular weight excluding hydrogens is 390 g/mol. The highest BCUT2D eigenvalue weighted by molar-refractivity contribution is 6.29. The molecule has 0 aliphatic carbocycles. The van der Waals surface area contributed by atoms with Crippen LogP contribution in [0.25, 0.3) is 5.70 Å². The van der Waals surface area contributed by atoms with Gasteiger partial charge in [-0.2, -0.15) is 0 Å². The molecular formula is C26H40ClN3. The summed E-state index contributed by atoms with van der Waals surface area (Å²) >= 11 is 5.99. The number of hydrogen-bond donors (Lipinski definition) is 0. The standard InChI is InChI=1S/C14H20ClN3.C10H14.C2H6/c1-3-4-13(12-5-6-16-14(15)11-12)18-9-7-17(2)8-10-18;1-8(2)10-6-4-9(3)5-7-10;1-2/h4-6,11H,3,7-10H2,1-2H3;4-8H,1-3H3;1-2H3. The molecule has 1 aliphatic rings. The zero-order chi connectivity index (χ0) is 22.5. The maximum atomic E-state index is 5.99. The van der Waals surface area contributed by atoms with Crippen LogP contribution in [0.15, 0.2) is 48.7 Å². The first-order chi connectivity index (χ1) is 14.4. The Morgan fingerprint density at radius 2 is 1.67 bits per heavy atom. The fraction of sp³-hybridized carbons (Fsp3) is 0.500. The van der Waals surface area contributed by atoms with Gasteiger partial charge >= 0.3 is 0 Å². The van der Waals surface area contributed by atoms with E-state index in [-0.39, 0.29) is 0 Å². The second kappa shape index (κ2) is 14.2. The molecule has 4 heteroatoms. The van der Waals surface area contributed by atoms with Crippen molar-refractivity contribution < 1.29 is 0 Å². The molecule has 1 aromatic heterocycles. The summed E-state index contributed by atoms with van der Waals surface area (Å²) in [7, 11) is 2.17. The number of rotatable bonds is 4. The van der Waals surface area contributed by atoms with Gasteiger partial charge in [-0.1, -0.05) is 82.1 Å². The van der Waals surface area contributed by atoms with Gasteiger partial charge in [-0.3, -0.25) is 0 Å². The maximum Gasteiger partial charge on any atom is 0.129 e. The minimum atomic E-state index is 0.559. The smallest absolute Gasteiger partial charge is 0.129 e. The lowest BCUT2D eigenvalue weighted by Gasteiger charge is -2.35. The van der Waals surface area contributed by atoms with Crippen molar-refractivity contribution in [3.63, 3.8) is 0 Å². The summed E-state index contributed by atoms with van der Waals surface area (Å²) < 4.78 is 0. The second-order valence-corrected chi connectivity index (χ2v) is 8.11. The van der Waals surface area contributed by atoms with Gasteiger partial charge in [-0.25, -0.2) is 4.98 Å². The third kappa shape index (κ3) is 8.89. The third-order valence-electron chi connectivity index (χ3n) is 5.01. The molecule has 0 radical (unpaired) electrons. The summed E-state index contributed by atoms with van der Waals surface area (Å²) in [6.07, 6.45) is 5.08. The Hall–Kier alpha value is -1.84. The zero-order valence-electron chi connectivity index (χ0n) is 20.0. The number of aryl methyl sites for hydroxylation is 1. The molecule has 1 saturated heterocycles. The molecule has 1 fully saturated rings. The van der Waals surface area contributed by atoms with Crippen LogP contribution in [0.3, 0.4) is 0 Å². The summed E-state index contributed by atoms with van der Waals surface area (Å²) in [5, 5.41) is 0.559. The minimum absolute atomic E-state index is 0.559. The number of halogens is 1. The van der Waals surface area contributed by atoms with E-state index in [1.165, 1.54) is 22.4 Å². The van der Waals surface area contributed by atoms with Gasteiger partial charge in [-0.05, 0) is 44.0 Å². The SMILES string of the molecule is CC.CCC=C(c1ccnc(Cl)c1)N1CCN(C)CC1.Cc1ccc(C(C)C)cc1. The van der Waals surface area contributed by atoms with Crippen LogP contribution in [0.4, 0.5) is 0 Å². The molecule has 30 heavy (non-hydrogen) atoms. The number of aromatic nitrogens is 1. The van der Waals surface area contributed by atoms with Crippen molar-refractivity contribution in [3.05, 3.63) is 70.5 Å². The lowest BCUT2D eigenvalue weighted by molar-refractivity contribution is 0.207. The molecule has 3 rings (SSSR count). The van der Waals surface area contributed by atoms with Crippen LogP contribution in [0, 0.1) is 6.92 Å². The summed E-state index contributed by atoms with van der Waals surface area (Å²) in [4.78, 5) is 8.85. The van der Waals surface area contributed by atoms with Gasteiger partial charge in [0.25, 0.3) is 0 Å². The number of allylic oxidation sites excluding steroid dienone is 1. The summed E-state index contributed by atoms with van der Waals surface area (Å²) in [6, 6.07) is 12.7. The van der Waals surface area contributed by atoms with Crippen LogP contribution in [-0.2, 0) is 0 Å². The second-order valence-electron chi connectivity index (χ2n) is 7.72. The Morgan fingerprint density at radius 1 is 1.07 bits per heavy atom. The summed E-state index contributed by atoms with van der Waals surface area (Å²) in [6.45, 7) is 17.1. The van der Waals surface area contributed by atoms with Crippen LogP contribution in [0.5, 0.6) is 0 Å². The highest BCUT2D eigenvalue weighted by Gasteiger charge is 2.17. The molecule has 1 aromatic carbocycles. The molecule has 3 nitrogen and oxygen atoms in total. The monoisotopic (exact) mass is 429 g/mol. The van der Waals surface area contributed by atoms with Crippen molar-refractivity contribution in [1.29, 1.82) is 0 Å². The molecule has 0 spiro atoms. The van der Waals surface area contributed by atoms with Crippen molar-refractivity contribution >= 4 is 17.3 Å². The van der Waals surface area contributed by atoms with Crippen LogP contribution in [0.1, 0.15) is 63.6 Å². The van der Waals surface area contributed by atoms with Crippen molar-refractivity contribution in [2.45, 2.75) is 53.9 Å². The van der Waals surface area contributed by atoms with Gasteiger partial charge in [0.05, 0.1) is 0 Å². The molecule has 1 aliphatic heterocycles. The van der Waals surface area contributed by atoms with Crippen LogP contribution < -0.4 is 0 Å². The number of piperazine rings is 1. The summed E-state index contributed by atoms with van der Waals surface area (Å²) in [5.41, 5.74) is 5.21. The van der Waals surface area contributed by atoms with Crippen molar-refractivity contribution in [3.8, 4) is 0 Å². The van der Waals surface area contributed by atoms with Crippen molar-refractivity contribution in [2.24, 2.45) is 0 Å². The average Bonchev–Trinajstić information content (AvgIpc) is 2.75. The molecule has 0 saturated carbocycles. The molecule has 0 atom stereocenters. The van der Waals surface area contributed by atoms with E-state index in [1.807, 2.05) is 26.0 Å². The van der Waals surface area contributed by atoms with E-state index in [0.29, 0.717) is 11.1 Å². The fourth-order valence-corrected chi connectivity index (χ4v) is 3.36. The normalized spacial score (nSPS) is 14.6. The average molecular weight is 430 g/mol. The molecule has 0 N–H and O–H groups in total. The maximum absolute atomic E-state index is 5.99. The first kappa shape index (κ1) is 26.2. The van der Waals surface area contributed by atoms with Gasteiger partial charge in [0, 0.05) is 43.6 Å². The van der Waals surface area contributed by atoms with E-state index >= 15 is 0 Å². The quantitative estimate of drug-likeness (QED) is 0.494. The van der Waals surface area contributed by atoms with Crippen molar-refractivity contribution in [1.82, 2.24) is 14.8 Å². The van der Waals surface area contributed by atoms with Crippen LogP contribution >= 0.6 is 11.6 Å². The Labute approximate surface area is 189 Å². The number of benzene rings is 1. The predicted octanol–water partition coefficient (Wildman–Crippen LogP) is 6.88. The molecule has 0 bridgehead atoms. The number of pyridine rings is 1. The third-order valence-corrected chi connectivity index (χ3v) is 5.21. The van der Waals surface area contributed by atoms with E-state index in [1.54, 1.807) is 6.20 Å². The number of hydrogen-bond acceptors (Lipinski definition) is 3. The predicted molar refractivity (Wildman–Crippen MR) is 133 cm³/mol. The Balaban J connectivity index is 0.000000318. The van der Waals surface area contributed by atoms with Gasteiger partial charge in [-0.15, -0.1) is 0 Å². The Kier molecular flexibility index (Phi) is 12.4. The summed E-state index contributed by atoms with van der Waals surface area (Å²) in [5.74, 6) is 0.653. The van der Waals surface area contributed by atoms with Crippen molar-refractivity contribution in [2.75, 3.05) is 33.2 Å². The van der Waals surface area contributed by atoms with Crippen LogP contribution in [-0.4, -0.2) is 48.0 Å². The lowest BCUT2D eigenvalue weighted by Crippen LogP contribution is -2.43. The topological polar surface area (TPSA) is 19.4 Å². The number of likely N-dealkylation sites (N-methyl/N-ethyl adjacent to an activating group) is 1. The Morgan fingerprint density at radius 3 is 2.17 bits per heavy atom. The molecule has 0 amide bonds. The van der Waals surface area contributed by atoms with Crippen LogP contribution in [0.2, 0.25) is 5.15 Å². The highest BCUT2D eigenvalue weighted by atomic mass is 35.5. The number of nitrogens with zero attached hydrogens (tertiary/aromatic N) is 3. The highest BCUT2D eigenvalue weighted by Crippen LogP contribution is 2.23. The first-order valence-electron chi connectivity index (χ1n) is 11.2. The van der Waals surface area contributed by atoms with Gasteiger partial charge in [0.1, 0.15) is 5.15 Å². The van der Waals surface area contributed by atoms with E-state index in [0.717, 1.165) is 32.6 Å². The molecule has 166 valence electrons. The van der Waals surface area contributed by atoms with E-state index < -0.39 is 0 Å². The minimum Gasteiger partial charge on any atom is -0.369 e. The van der Waals surface area contributed by atoms with E-state index in [4.69, 9.17) is 11.6 Å². The first-order valence-corrected chi connectivity index (χ1v) is 11.6. The zero-order valence-corrected chi connectivity index (χ0v) is 20.7. The van der Waals surface area contributed by atoms with E-state index in [2.05, 4.69) is 79.9 Å². The molecule has 0 unspecified atom stereocenters. The lowest BCUT2D eigenvalue weighted by atomic mass is 10.0. The largest absolute Gasteiger partial charge is 0.369 e. The van der Waals surface area contributed by atoms with E-state index in [9.17, 15) is 0 Å². The fourth-order valence-electron chi connectivity index (χ4n) is 3.18. The van der Waals surface area contributed by atoms with Gasteiger partial charge in [0.15, 0.2) is 0 Å². The van der Waals surface area contributed by atoms with Gasteiger partial charge in [0.2, 0.25) is 0 Å².